The zero-order valence-corrected chi connectivity index (χ0v) is 25.7. The second kappa shape index (κ2) is 9.73. The van der Waals surface area contributed by atoms with E-state index in [1.54, 1.807) is 13.8 Å². The molecule has 1 spiro atoms. The fourth-order valence-electron chi connectivity index (χ4n) is 11.7. The van der Waals surface area contributed by atoms with E-state index in [0.717, 1.165) is 43.1 Å². The van der Waals surface area contributed by atoms with Gasteiger partial charge in [0.2, 0.25) is 0 Å². The SMILES string of the molecule is C=C(C)[C@@H]1CC[C@H]([C@@H]2CC[C@@H]3C2=C[C@]2(C=O)[C@@H]4CC[C@@]2([C@H]3O)[C@@H](OC(C)=O)[C@]42CC[C@@H](C(C)(C)O)[C@@H]2O)[C@@H]1OC(C)=O. The van der Waals surface area contributed by atoms with Gasteiger partial charge in [-0.25, -0.2) is 0 Å². The highest BCUT2D eigenvalue weighted by Gasteiger charge is 2.85. The number of aldehydes is 1. The molecule has 0 aromatic heterocycles. The first-order valence-electron chi connectivity index (χ1n) is 15.9. The van der Waals surface area contributed by atoms with Gasteiger partial charge in [0.25, 0.3) is 0 Å². The maximum Gasteiger partial charge on any atom is 0.302 e. The van der Waals surface area contributed by atoms with Crippen LogP contribution in [0, 0.1) is 51.8 Å². The number of carbonyl (C=O) groups excluding carboxylic acids is 3. The van der Waals surface area contributed by atoms with Crippen molar-refractivity contribution < 1.29 is 39.2 Å². The van der Waals surface area contributed by atoms with Crippen LogP contribution in [0.2, 0.25) is 0 Å². The second-order valence-corrected chi connectivity index (χ2v) is 15.2. The fraction of sp³-hybridized carbons (Fsp3) is 0.794. The third-order valence-corrected chi connectivity index (χ3v) is 13.1. The predicted octanol–water partition coefficient (Wildman–Crippen LogP) is 3.90. The Labute approximate surface area is 248 Å². The van der Waals surface area contributed by atoms with Crippen molar-refractivity contribution >= 4 is 18.2 Å². The van der Waals surface area contributed by atoms with E-state index in [9.17, 15) is 29.7 Å². The smallest absolute Gasteiger partial charge is 0.302 e. The van der Waals surface area contributed by atoms with Gasteiger partial charge < -0.3 is 29.6 Å². The zero-order chi connectivity index (χ0) is 30.6. The summed E-state index contributed by atoms with van der Waals surface area (Å²) in [5.74, 6) is -1.62. The summed E-state index contributed by atoms with van der Waals surface area (Å²) in [6.45, 7) is 12.3. The summed E-state index contributed by atoms with van der Waals surface area (Å²) in [4.78, 5) is 38.4. The minimum absolute atomic E-state index is 0.0493. The molecule has 0 amide bonds. The van der Waals surface area contributed by atoms with Crippen LogP contribution in [-0.2, 0) is 23.9 Å². The van der Waals surface area contributed by atoms with E-state index in [2.05, 4.69) is 12.7 Å². The molecule has 0 aromatic carbocycles. The van der Waals surface area contributed by atoms with Crippen molar-refractivity contribution in [1.29, 1.82) is 0 Å². The molecule has 8 heteroatoms. The van der Waals surface area contributed by atoms with Gasteiger partial charge in [-0.15, -0.1) is 0 Å². The molecule has 0 aliphatic heterocycles. The molecular weight excluding hydrogens is 536 g/mol. The number of ether oxygens (including phenoxy) is 2. The molecule has 0 unspecified atom stereocenters. The average molecular weight is 585 g/mol. The van der Waals surface area contributed by atoms with Gasteiger partial charge in [-0.05, 0) is 84.0 Å². The maximum atomic E-state index is 13.6. The second-order valence-electron chi connectivity index (χ2n) is 15.2. The van der Waals surface area contributed by atoms with Gasteiger partial charge in [-0.3, -0.25) is 9.59 Å². The molecule has 8 nitrogen and oxygen atoms in total. The number of fused-ring (bicyclic) bond motifs is 2. The maximum absolute atomic E-state index is 13.6. The first kappa shape index (κ1) is 30.0. The van der Waals surface area contributed by atoms with Crippen LogP contribution in [-0.4, -0.2) is 63.6 Å². The van der Waals surface area contributed by atoms with Crippen molar-refractivity contribution in [2.24, 2.45) is 51.8 Å². The fourth-order valence-corrected chi connectivity index (χ4v) is 11.7. The molecule has 13 atom stereocenters. The van der Waals surface area contributed by atoms with E-state index >= 15 is 0 Å². The van der Waals surface area contributed by atoms with Gasteiger partial charge in [-0.1, -0.05) is 23.8 Å². The number of allylic oxidation sites excluding steroid dienone is 1. The lowest BCUT2D eigenvalue weighted by Gasteiger charge is -2.52. The molecule has 0 saturated heterocycles. The third kappa shape index (κ3) is 3.67. The summed E-state index contributed by atoms with van der Waals surface area (Å²) >= 11 is 0. The van der Waals surface area contributed by atoms with E-state index < -0.39 is 52.0 Å². The van der Waals surface area contributed by atoms with Crippen LogP contribution in [0.25, 0.3) is 0 Å². The molecule has 5 saturated carbocycles. The van der Waals surface area contributed by atoms with Gasteiger partial charge in [0, 0.05) is 42.9 Å². The molecule has 42 heavy (non-hydrogen) atoms. The monoisotopic (exact) mass is 584 g/mol. The lowest BCUT2D eigenvalue weighted by atomic mass is 9.55. The van der Waals surface area contributed by atoms with E-state index in [1.807, 2.05) is 6.92 Å². The Morgan fingerprint density at radius 3 is 2.19 bits per heavy atom. The van der Waals surface area contributed by atoms with Crippen molar-refractivity contribution in [1.82, 2.24) is 0 Å². The highest BCUT2D eigenvalue weighted by molar-refractivity contribution is 5.73. The molecule has 3 N–H and O–H groups in total. The number of aliphatic hydroxyl groups excluding tert-OH is 2. The van der Waals surface area contributed by atoms with Crippen LogP contribution in [0.15, 0.2) is 23.8 Å². The highest BCUT2D eigenvalue weighted by atomic mass is 16.6. The van der Waals surface area contributed by atoms with Gasteiger partial charge >= 0.3 is 11.9 Å². The number of esters is 2. The van der Waals surface area contributed by atoms with Crippen molar-refractivity contribution in [3.8, 4) is 0 Å². The molecular formula is C34H48O8. The van der Waals surface area contributed by atoms with Crippen molar-refractivity contribution in [3.05, 3.63) is 23.8 Å². The topological polar surface area (TPSA) is 130 Å². The van der Waals surface area contributed by atoms with Crippen LogP contribution in [0.5, 0.6) is 0 Å². The summed E-state index contributed by atoms with van der Waals surface area (Å²) in [5.41, 5.74) is -2.20. The lowest BCUT2D eigenvalue weighted by molar-refractivity contribution is -0.197. The minimum Gasteiger partial charge on any atom is -0.462 e. The standard InChI is InChI=1S/C34H48O8/c1-17(2)20-7-9-22(27(20)41-18(3)36)21-8-10-23-24(21)15-32(16-35)26-12-14-34(32,28(23)38)30(42-19(4)37)33(26)13-11-25(29(33)39)31(5,6)40/h15-16,20-23,25-30,38-40H,1,7-14H2,2-6H3/t20-,21-,22+,23+,25+,26-,27+,28-,29-,30-,32-,33+,34+/m0/s1. The van der Waals surface area contributed by atoms with E-state index in [1.165, 1.54) is 13.8 Å². The van der Waals surface area contributed by atoms with Crippen molar-refractivity contribution in [2.45, 2.75) is 116 Å². The van der Waals surface area contributed by atoms with E-state index in [4.69, 9.17) is 9.47 Å². The Hall–Kier alpha value is -2.03. The molecule has 0 aromatic rings. The highest BCUT2D eigenvalue weighted by Crippen LogP contribution is 2.81. The van der Waals surface area contributed by atoms with Crippen LogP contribution in [0.4, 0.5) is 0 Å². The van der Waals surface area contributed by atoms with Crippen molar-refractivity contribution in [3.63, 3.8) is 0 Å². The summed E-state index contributed by atoms with van der Waals surface area (Å²) in [7, 11) is 0. The molecule has 6 aliphatic carbocycles. The average Bonchev–Trinajstić information content (AvgIpc) is 3.67. The Morgan fingerprint density at radius 1 is 0.952 bits per heavy atom. The Balaban J connectivity index is 1.48. The largest absolute Gasteiger partial charge is 0.462 e. The summed E-state index contributed by atoms with van der Waals surface area (Å²) in [5, 5.41) is 35.5. The van der Waals surface area contributed by atoms with Gasteiger partial charge in [-0.2, -0.15) is 0 Å². The Morgan fingerprint density at radius 2 is 1.62 bits per heavy atom. The normalized spacial score (nSPS) is 49.0. The molecule has 5 fully saturated rings. The predicted molar refractivity (Wildman–Crippen MR) is 154 cm³/mol. The van der Waals surface area contributed by atoms with Crippen molar-refractivity contribution in [2.75, 3.05) is 0 Å². The lowest BCUT2D eigenvalue weighted by Crippen LogP contribution is -2.60. The number of hydrogen-bond acceptors (Lipinski definition) is 8. The van der Waals surface area contributed by atoms with Gasteiger partial charge in [0.05, 0.1) is 28.6 Å². The number of carbonyl (C=O) groups is 3. The molecule has 2 bridgehead atoms. The summed E-state index contributed by atoms with van der Waals surface area (Å²) in [6.07, 6.45) is 5.55. The van der Waals surface area contributed by atoms with Crippen LogP contribution in [0.1, 0.15) is 86.0 Å². The summed E-state index contributed by atoms with van der Waals surface area (Å²) < 4.78 is 12.1. The van der Waals surface area contributed by atoms with E-state index in [0.29, 0.717) is 25.7 Å². The minimum atomic E-state index is -1.16. The Bertz CT molecular complexity index is 1220. The third-order valence-electron chi connectivity index (χ3n) is 13.1. The zero-order valence-electron chi connectivity index (χ0n) is 25.7. The molecule has 0 heterocycles. The molecule has 6 rings (SSSR count). The number of aliphatic hydroxyl groups is 3. The summed E-state index contributed by atoms with van der Waals surface area (Å²) in [6, 6.07) is 0. The first-order valence-corrected chi connectivity index (χ1v) is 15.9. The van der Waals surface area contributed by atoms with Crippen LogP contribution >= 0.6 is 0 Å². The first-order chi connectivity index (χ1) is 19.7. The van der Waals surface area contributed by atoms with Crippen LogP contribution < -0.4 is 0 Å². The molecule has 232 valence electrons. The molecule has 6 aliphatic rings. The quantitative estimate of drug-likeness (QED) is 0.244. The Kier molecular flexibility index (Phi) is 6.96. The molecule has 0 radical (unpaired) electrons. The number of hydrogen-bond donors (Lipinski definition) is 3. The van der Waals surface area contributed by atoms with Crippen LogP contribution in [0.3, 0.4) is 0 Å². The van der Waals surface area contributed by atoms with E-state index in [-0.39, 0.29) is 41.7 Å². The number of rotatable bonds is 6. The van der Waals surface area contributed by atoms with Gasteiger partial charge in [0.1, 0.15) is 18.5 Å². The van der Waals surface area contributed by atoms with Gasteiger partial charge in [0.15, 0.2) is 0 Å².